The average Bonchev–Trinajstić information content (AvgIpc) is 2.23. The van der Waals surface area contributed by atoms with Gasteiger partial charge in [0.2, 0.25) is 0 Å². The average molecular weight is 222 g/mol. The molecule has 0 saturated carbocycles. The predicted octanol–water partition coefficient (Wildman–Crippen LogP) is 2.57. The van der Waals surface area contributed by atoms with Crippen LogP contribution in [0.15, 0.2) is 18.2 Å². The summed E-state index contributed by atoms with van der Waals surface area (Å²) in [5, 5.41) is 0. The van der Waals surface area contributed by atoms with Crippen LogP contribution in [0.5, 0.6) is 0 Å². The summed E-state index contributed by atoms with van der Waals surface area (Å²) in [6.07, 6.45) is 10.0. The standard InChI is InChI=1S/C5H5.C2H5.ClH.Zr/c1-2-4-5-3-1;1-2;;/h1-3H,4H2;1H2,2H3;1H;/q2*-1;;+2. The van der Waals surface area contributed by atoms with E-state index in [1.54, 1.807) is 6.92 Å². The molecule has 0 N–H and O–H groups in total. The van der Waals surface area contributed by atoms with Crippen LogP contribution in [0.2, 0.25) is 0 Å². The molecule has 0 amide bonds. The van der Waals surface area contributed by atoms with Crippen LogP contribution in [0.1, 0.15) is 13.3 Å². The fourth-order valence-corrected chi connectivity index (χ4v) is 0.340. The third-order valence-corrected chi connectivity index (χ3v) is 0.586. The van der Waals surface area contributed by atoms with Crippen LogP contribution in [0.4, 0.5) is 0 Å². The van der Waals surface area contributed by atoms with E-state index >= 15 is 0 Å². The Balaban J connectivity index is -0.0000000836. The van der Waals surface area contributed by atoms with Gasteiger partial charge in [-0.2, -0.15) is 13.0 Å². The van der Waals surface area contributed by atoms with Crippen molar-refractivity contribution in [3.05, 3.63) is 31.2 Å². The Morgan fingerprint density at radius 3 is 2.11 bits per heavy atom. The Morgan fingerprint density at radius 2 is 2.00 bits per heavy atom. The number of allylic oxidation sites excluding steroid dienone is 4. The summed E-state index contributed by atoms with van der Waals surface area (Å²) in [7, 11) is 0. The van der Waals surface area contributed by atoms with Gasteiger partial charge in [0.15, 0.2) is 0 Å². The maximum Gasteiger partial charge on any atom is 2.00 e. The first-order chi connectivity index (χ1) is 3.50. The van der Waals surface area contributed by atoms with E-state index in [1.165, 1.54) is 0 Å². The van der Waals surface area contributed by atoms with Gasteiger partial charge in [-0.3, -0.25) is 6.08 Å². The van der Waals surface area contributed by atoms with Gasteiger partial charge in [0.05, 0.1) is 0 Å². The summed E-state index contributed by atoms with van der Waals surface area (Å²) < 4.78 is 0. The van der Waals surface area contributed by atoms with Crippen molar-refractivity contribution in [2.45, 2.75) is 13.3 Å². The smallest absolute Gasteiger partial charge is 0.346 e. The van der Waals surface area contributed by atoms with Crippen molar-refractivity contribution in [1.82, 2.24) is 0 Å². The van der Waals surface area contributed by atoms with Crippen LogP contribution in [0.25, 0.3) is 0 Å². The van der Waals surface area contributed by atoms with E-state index in [1.807, 2.05) is 12.2 Å². The Bertz CT molecular complexity index is 67.0. The second-order valence-electron chi connectivity index (χ2n) is 1.00. The molecule has 1 rings (SSSR count). The minimum absolute atomic E-state index is 0. The van der Waals surface area contributed by atoms with Crippen LogP contribution < -0.4 is 0 Å². The first-order valence-electron chi connectivity index (χ1n) is 2.42. The Kier molecular flexibility index (Phi) is 28.8. The summed E-state index contributed by atoms with van der Waals surface area (Å²) >= 11 is 0. The molecule has 0 saturated heterocycles. The monoisotopic (exact) mass is 220 g/mol. The molecule has 0 spiro atoms. The molecule has 9 heavy (non-hydrogen) atoms. The molecule has 2 heteroatoms. The van der Waals surface area contributed by atoms with Crippen molar-refractivity contribution in [2.24, 2.45) is 0 Å². The molecule has 0 aromatic heterocycles. The molecule has 0 aromatic carbocycles. The molecular weight excluding hydrogens is 211 g/mol. The molecule has 0 fully saturated rings. The molecule has 0 nitrogen and oxygen atoms in total. The van der Waals surface area contributed by atoms with Gasteiger partial charge in [-0.15, -0.1) is 18.8 Å². The third-order valence-electron chi connectivity index (χ3n) is 0.586. The zero-order valence-corrected chi connectivity index (χ0v) is 8.83. The number of rotatable bonds is 0. The summed E-state index contributed by atoms with van der Waals surface area (Å²) in [6, 6.07) is 0. The molecular formula is C7H11ClZr. The van der Waals surface area contributed by atoms with E-state index < -0.39 is 0 Å². The fourth-order valence-electron chi connectivity index (χ4n) is 0.340. The van der Waals surface area contributed by atoms with Crippen molar-refractivity contribution >= 4 is 12.4 Å². The Hall–Kier alpha value is 0.653. The maximum atomic E-state index is 3.25. The number of hydrogen-bond acceptors (Lipinski definition) is 0. The van der Waals surface area contributed by atoms with E-state index in [-0.39, 0.29) is 38.6 Å². The summed E-state index contributed by atoms with van der Waals surface area (Å²) in [6.45, 7) is 5.00. The van der Waals surface area contributed by atoms with Gasteiger partial charge in [0, 0.05) is 0 Å². The van der Waals surface area contributed by atoms with Crippen molar-refractivity contribution in [2.75, 3.05) is 0 Å². The van der Waals surface area contributed by atoms with Gasteiger partial charge in [0.1, 0.15) is 0 Å². The van der Waals surface area contributed by atoms with Crippen molar-refractivity contribution in [1.29, 1.82) is 0 Å². The van der Waals surface area contributed by atoms with E-state index in [9.17, 15) is 0 Å². The minimum atomic E-state index is 0. The predicted molar refractivity (Wildman–Crippen MR) is 39.8 cm³/mol. The number of hydrogen-bond donors (Lipinski definition) is 0. The van der Waals surface area contributed by atoms with Gasteiger partial charge < -0.3 is 6.92 Å². The summed E-state index contributed by atoms with van der Waals surface area (Å²) in [5.74, 6) is 0. The molecule has 0 unspecified atom stereocenters. The molecule has 0 aromatic rings. The van der Waals surface area contributed by atoms with E-state index in [2.05, 4.69) is 19.1 Å². The van der Waals surface area contributed by atoms with E-state index in [0.717, 1.165) is 6.42 Å². The first-order valence-corrected chi connectivity index (χ1v) is 2.42. The van der Waals surface area contributed by atoms with Crippen molar-refractivity contribution in [3.63, 3.8) is 0 Å². The van der Waals surface area contributed by atoms with Crippen LogP contribution in [-0.2, 0) is 26.2 Å². The molecule has 0 bridgehead atoms. The largest absolute Gasteiger partial charge is 2.00 e. The Labute approximate surface area is 83.0 Å². The molecule has 0 aliphatic heterocycles. The molecule has 1 aliphatic rings. The second-order valence-corrected chi connectivity index (χ2v) is 1.00. The molecule has 50 valence electrons. The van der Waals surface area contributed by atoms with E-state index in [4.69, 9.17) is 0 Å². The van der Waals surface area contributed by atoms with Crippen LogP contribution in [0, 0.1) is 13.0 Å². The second kappa shape index (κ2) is 15.9. The third kappa shape index (κ3) is 12.0. The zero-order valence-electron chi connectivity index (χ0n) is 5.55. The van der Waals surface area contributed by atoms with Gasteiger partial charge >= 0.3 is 26.2 Å². The Morgan fingerprint density at radius 1 is 1.44 bits per heavy atom. The van der Waals surface area contributed by atoms with Crippen LogP contribution in [0.3, 0.4) is 0 Å². The SMILES string of the molecule is Cl.[C-]1=CC=CC1.[CH2-]C.[Zr+2]. The topological polar surface area (TPSA) is 0 Å². The van der Waals surface area contributed by atoms with Crippen molar-refractivity contribution in [3.8, 4) is 0 Å². The quantitative estimate of drug-likeness (QED) is 0.552. The number of halogens is 1. The van der Waals surface area contributed by atoms with E-state index in [0.29, 0.717) is 0 Å². The van der Waals surface area contributed by atoms with Gasteiger partial charge in [0.25, 0.3) is 0 Å². The zero-order chi connectivity index (χ0) is 5.54. The first kappa shape index (κ1) is 16.3. The van der Waals surface area contributed by atoms with Gasteiger partial charge in [-0.25, -0.2) is 12.2 Å². The normalized spacial score (nSPS) is 10.4. The molecule has 0 atom stereocenters. The maximum absolute atomic E-state index is 3.25. The van der Waals surface area contributed by atoms with Gasteiger partial charge in [-0.1, -0.05) is 0 Å². The summed E-state index contributed by atoms with van der Waals surface area (Å²) in [5.41, 5.74) is 0. The fraction of sp³-hybridized carbons (Fsp3) is 0.286. The van der Waals surface area contributed by atoms with Crippen LogP contribution >= 0.6 is 12.4 Å². The van der Waals surface area contributed by atoms with Crippen LogP contribution in [-0.4, -0.2) is 0 Å². The summed E-state index contributed by atoms with van der Waals surface area (Å²) in [4.78, 5) is 0. The molecule has 0 heterocycles. The van der Waals surface area contributed by atoms with Crippen molar-refractivity contribution < 1.29 is 26.2 Å². The van der Waals surface area contributed by atoms with Gasteiger partial charge in [-0.05, 0) is 0 Å². The minimum Gasteiger partial charge on any atom is -0.346 e. The molecule has 1 aliphatic carbocycles. The molecule has 0 radical (unpaired) electrons.